The molecule has 5 nitrogen and oxygen atoms in total. The number of benzene rings is 1. The van der Waals surface area contributed by atoms with Crippen LogP contribution in [0, 0.1) is 13.8 Å². The summed E-state index contributed by atoms with van der Waals surface area (Å²) in [7, 11) is 0. The third kappa shape index (κ3) is 4.43. The summed E-state index contributed by atoms with van der Waals surface area (Å²) in [5.41, 5.74) is 6.90. The first-order valence-electron chi connectivity index (χ1n) is 10.7. The molecule has 30 heavy (non-hydrogen) atoms. The van der Waals surface area contributed by atoms with Crippen molar-refractivity contribution in [3.8, 4) is 0 Å². The molecule has 156 valence electrons. The van der Waals surface area contributed by atoms with E-state index in [0.29, 0.717) is 11.4 Å². The maximum atomic E-state index is 13.1. The zero-order valence-electron chi connectivity index (χ0n) is 17.9. The molecule has 6 heteroatoms. The van der Waals surface area contributed by atoms with Crippen LogP contribution in [0.25, 0.3) is 0 Å². The molecule has 3 aromatic rings. The van der Waals surface area contributed by atoms with Crippen LogP contribution in [0.3, 0.4) is 0 Å². The van der Waals surface area contributed by atoms with Gasteiger partial charge in [-0.3, -0.25) is 9.78 Å². The van der Waals surface area contributed by atoms with E-state index in [1.54, 1.807) is 0 Å². The largest absolute Gasteiger partial charge is 0.337 e. The lowest BCUT2D eigenvalue weighted by molar-refractivity contribution is 0.0709. The molecule has 3 heterocycles. The summed E-state index contributed by atoms with van der Waals surface area (Å²) in [4.78, 5) is 20.6. The van der Waals surface area contributed by atoms with E-state index in [1.165, 1.54) is 28.2 Å². The average Bonchev–Trinajstić information content (AvgIpc) is 3.23. The second kappa shape index (κ2) is 9.04. The fourth-order valence-electron chi connectivity index (χ4n) is 4.26. The molecule has 4 rings (SSSR count). The first-order chi connectivity index (χ1) is 14.5. The lowest BCUT2D eigenvalue weighted by Gasteiger charge is -2.32. The van der Waals surface area contributed by atoms with Crippen LogP contribution >= 0.6 is 11.5 Å². The summed E-state index contributed by atoms with van der Waals surface area (Å²) in [6.45, 7) is 7.73. The Hall–Kier alpha value is -2.60. The quantitative estimate of drug-likeness (QED) is 0.599. The molecule has 0 bridgehead atoms. The Kier molecular flexibility index (Phi) is 6.23. The number of pyridine rings is 1. The molecule has 1 amide bonds. The predicted molar refractivity (Wildman–Crippen MR) is 120 cm³/mol. The first-order valence-corrected chi connectivity index (χ1v) is 11.4. The van der Waals surface area contributed by atoms with Crippen molar-refractivity contribution in [2.45, 2.75) is 52.4 Å². The number of likely N-dealkylation sites (tertiary alicyclic amines) is 1. The first kappa shape index (κ1) is 20.7. The molecule has 0 aliphatic carbocycles. The summed E-state index contributed by atoms with van der Waals surface area (Å²) >= 11 is 1.21. The number of aromatic nitrogens is 3. The van der Waals surface area contributed by atoms with Crippen LogP contribution in [0.5, 0.6) is 0 Å². The van der Waals surface area contributed by atoms with Crippen molar-refractivity contribution in [3.63, 3.8) is 0 Å². The third-order valence-corrected chi connectivity index (χ3v) is 6.66. The highest BCUT2D eigenvalue weighted by Crippen LogP contribution is 2.29. The van der Waals surface area contributed by atoms with Crippen LogP contribution in [0.15, 0.2) is 36.4 Å². The molecule has 1 saturated heterocycles. The van der Waals surface area contributed by atoms with Gasteiger partial charge in [-0.25, -0.2) is 0 Å². The molecule has 1 fully saturated rings. The van der Waals surface area contributed by atoms with Gasteiger partial charge in [0, 0.05) is 30.4 Å². The minimum absolute atomic E-state index is 0.0688. The molecule has 1 atom stereocenters. The third-order valence-electron chi connectivity index (χ3n) is 5.90. The van der Waals surface area contributed by atoms with Crippen molar-refractivity contribution in [1.82, 2.24) is 19.5 Å². The normalized spacial score (nSPS) is 16.6. The molecule has 0 unspecified atom stereocenters. The summed E-state index contributed by atoms with van der Waals surface area (Å²) in [5, 5.41) is 4.11. The number of carbonyl (C=O) groups is 1. The second-order valence-electron chi connectivity index (χ2n) is 8.14. The molecule has 1 aliphatic heterocycles. The van der Waals surface area contributed by atoms with Gasteiger partial charge in [-0.1, -0.05) is 35.7 Å². The van der Waals surface area contributed by atoms with Crippen molar-refractivity contribution >= 4 is 17.4 Å². The molecule has 2 aromatic heterocycles. The number of aryl methyl sites for hydroxylation is 3. The Morgan fingerprint density at radius 3 is 2.87 bits per heavy atom. The van der Waals surface area contributed by atoms with E-state index in [0.717, 1.165) is 49.3 Å². The Balaban J connectivity index is 1.54. The Labute approximate surface area is 182 Å². The summed E-state index contributed by atoms with van der Waals surface area (Å²) in [6, 6.07) is 13.0. The number of amides is 1. The van der Waals surface area contributed by atoms with Crippen LogP contribution < -0.4 is 0 Å². The number of rotatable bonds is 5. The van der Waals surface area contributed by atoms with Crippen molar-refractivity contribution in [3.05, 3.63) is 75.0 Å². The van der Waals surface area contributed by atoms with Gasteiger partial charge in [-0.05, 0) is 79.9 Å². The highest BCUT2D eigenvalue weighted by atomic mass is 32.1. The number of hydrogen-bond acceptors (Lipinski definition) is 5. The Morgan fingerprint density at radius 2 is 2.07 bits per heavy atom. The van der Waals surface area contributed by atoms with Crippen LogP contribution in [0.1, 0.15) is 69.1 Å². The van der Waals surface area contributed by atoms with Gasteiger partial charge < -0.3 is 4.90 Å². The topological polar surface area (TPSA) is 59.0 Å². The molecular weight excluding hydrogens is 392 g/mol. The predicted octanol–water partition coefficient (Wildman–Crippen LogP) is 4.72. The van der Waals surface area contributed by atoms with Gasteiger partial charge in [0.05, 0.1) is 5.69 Å². The van der Waals surface area contributed by atoms with E-state index >= 15 is 0 Å². The maximum absolute atomic E-state index is 13.1. The summed E-state index contributed by atoms with van der Waals surface area (Å²) in [5.74, 6) is 0.337. The molecule has 0 spiro atoms. The SMILES string of the molecule is CCc1nnsc1C(=O)N1CCC[C@@H](c2cc(Cc3ccccc3C)cc(C)n2)C1. The van der Waals surface area contributed by atoms with Crippen LogP contribution in [-0.4, -0.2) is 38.5 Å². The lowest BCUT2D eigenvalue weighted by atomic mass is 9.91. The number of carbonyl (C=O) groups excluding carboxylic acids is 1. The zero-order valence-corrected chi connectivity index (χ0v) is 18.7. The Morgan fingerprint density at radius 1 is 1.23 bits per heavy atom. The smallest absolute Gasteiger partial charge is 0.267 e. The van der Waals surface area contributed by atoms with Gasteiger partial charge in [0.15, 0.2) is 0 Å². The van der Waals surface area contributed by atoms with Crippen molar-refractivity contribution in [1.29, 1.82) is 0 Å². The standard InChI is InChI=1S/C24H28N4OS/c1-4-21-23(30-27-26-21)24(29)28-11-7-10-20(15-28)22-14-18(12-17(3)25-22)13-19-9-6-5-8-16(19)2/h5-6,8-9,12,14,20H,4,7,10-11,13,15H2,1-3H3/t20-/m1/s1. The summed E-state index contributed by atoms with van der Waals surface area (Å²) in [6.07, 6.45) is 3.69. The van der Waals surface area contributed by atoms with Gasteiger partial charge in [0.1, 0.15) is 4.88 Å². The van der Waals surface area contributed by atoms with Gasteiger partial charge >= 0.3 is 0 Å². The fourth-order valence-corrected chi connectivity index (χ4v) is 4.98. The van der Waals surface area contributed by atoms with E-state index in [2.05, 4.69) is 59.8 Å². The van der Waals surface area contributed by atoms with Crippen molar-refractivity contribution in [2.75, 3.05) is 13.1 Å². The van der Waals surface area contributed by atoms with Gasteiger partial charge in [-0.15, -0.1) is 5.10 Å². The molecule has 1 aliphatic rings. The Bertz CT molecular complexity index is 1050. The van der Waals surface area contributed by atoms with Crippen molar-refractivity contribution in [2.24, 2.45) is 0 Å². The summed E-state index contributed by atoms with van der Waals surface area (Å²) < 4.78 is 3.99. The van der Waals surface area contributed by atoms with Crippen LogP contribution in [0.2, 0.25) is 0 Å². The van der Waals surface area contributed by atoms with Crippen molar-refractivity contribution < 1.29 is 4.79 Å². The minimum Gasteiger partial charge on any atom is -0.337 e. The molecular formula is C24H28N4OS. The molecule has 0 radical (unpaired) electrons. The monoisotopic (exact) mass is 420 g/mol. The minimum atomic E-state index is 0.0688. The van der Waals surface area contributed by atoms with E-state index in [1.807, 2.05) is 11.8 Å². The maximum Gasteiger partial charge on any atom is 0.267 e. The van der Waals surface area contributed by atoms with E-state index in [4.69, 9.17) is 4.98 Å². The number of piperidine rings is 1. The molecule has 1 aromatic carbocycles. The van der Waals surface area contributed by atoms with Gasteiger partial charge in [-0.2, -0.15) is 0 Å². The number of hydrogen-bond donors (Lipinski definition) is 0. The van der Waals surface area contributed by atoms with E-state index in [9.17, 15) is 4.79 Å². The number of nitrogens with zero attached hydrogens (tertiary/aromatic N) is 4. The van der Waals surface area contributed by atoms with Gasteiger partial charge in [0.2, 0.25) is 0 Å². The van der Waals surface area contributed by atoms with E-state index in [-0.39, 0.29) is 11.8 Å². The molecule has 0 saturated carbocycles. The van der Waals surface area contributed by atoms with E-state index < -0.39 is 0 Å². The van der Waals surface area contributed by atoms with Crippen LogP contribution in [0.4, 0.5) is 0 Å². The highest BCUT2D eigenvalue weighted by molar-refractivity contribution is 7.08. The average molecular weight is 421 g/mol. The second-order valence-corrected chi connectivity index (χ2v) is 8.89. The zero-order chi connectivity index (χ0) is 21.1. The highest BCUT2D eigenvalue weighted by Gasteiger charge is 2.29. The lowest BCUT2D eigenvalue weighted by Crippen LogP contribution is -2.39. The fraction of sp³-hybridized carbons (Fsp3) is 0.417. The van der Waals surface area contributed by atoms with Gasteiger partial charge in [0.25, 0.3) is 5.91 Å². The van der Waals surface area contributed by atoms with Crippen LogP contribution in [-0.2, 0) is 12.8 Å². The molecule has 0 N–H and O–H groups in total.